The van der Waals surface area contributed by atoms with E-state index in [1.54, 1.807) is 0 Å². The first-order valence-corrected chi connectivity index (χ1v) is 6.43. The molecular weight excluding hydrogens is 186 g/mol. The molecule has 0 saturated carbocycles. The Hall–Kier alpha value is -0.370. The van der Waals surface area contributed by atoms with E-state index in [9.17, 15) is 4.79 Å². The van der Waals surface area contributed by atoms with Crippen molar-refractivity contribution in [2.75, 3.05) is 13.1 Å². The van der Waals surface area contributed by atoms with Crippen LogP contribution in [-0.4, -0.2) is 18.9 Å². The molecule has 1 saturated heterocycles. The summed E-state index contributed by atoms with van der Waals surface area (Å²) in [5.74, 6) is 0.478. The maximum Gasteiger partial charge on any atom is 0.140 e. The first-order valence-electron chi connectivity index (χ1n) is 6.43. The van der Waals surface area contributed by atoms with Crippen LogP contribution in [0.25, 0.3) is 0 Å². The Balaban J connectivity index is 2.25. The van der Waals surface area contributed by atoms with E-state index in [4.69, 9.17) is 0 Å². The molecule has 1 N–H and O–H groups in total. The summed E-state index contributed by atoms with van der Waals surface area (Å²) in [7, 11) is 0. The number of unbranched alkanes of at least 4 members (excludes halogenated alkanes) is 3. The van der Waals surface area contributed by atoms with Crippen molar-refractivity contribution in [3.05, 3.63) is 0 Å². The van der Waals surface area contributed by atoms with E-state index in [0.29, 0.717) is 5.78 Å². The van der Waals surface area contributed by atoms with Crippen molar-refractivity contribution in [1.29, 1.82) is 0 Å². The molecule has 0 aromatic carbocycles. The molecule has 1 rings (SSSR count). The van der Waals surface area contributed by atoms with E-state index in [2.05, 4.69) is 19.2 Å². The number of hydrogen-bond donors (Lipinski definition) is 1. The molecule has 0 aromatic rings. The van der Waals surface area contributed by atoms with Crippen molar-refractivity contribution in [3.8, 4) is 0 Å². The zero-order valence-corrected chi connectivity index (χ0v) is 10.3. The lowest BCUT2D eigenvalue weighted by Crippen LogP contribution is -2.43. The molecule has 1 aliphatic rings. The van der Waals surface area contributed by atoms with E-state index in [0.717, 1.165) is 38.8 Å². The van der Waals surface area contributed by atoms with Crippen molar-refractivity contribution in [2.24, 2.45) is 5.41 Å². The fraction of sp³-hybridized carbons (Fsp3) is 0.923. The second kappa shape index (κ2) is 6.26. The molecule has 0 spiro atoms. The van der Waals surface area contributed by atoms with Crippen LogP contribution in [-0.2, 0) is 4.79 Å². The highest BCUT2D eigenvalue weighted by Gasteiger charge is 2.33. The van der Waals surface area contributed by atoms with Crippen molar-refractivity contribution in [3.63, 3.8) is 0 Å². The van der Waals surface area contributed by atoms with Crippen LogP contribution in [0.4, 0.5) is 0 Å². The minimum atomic E-state index is -0.0650. The van der Waals surface area contributed by atoms with E-state index in [-0.39, 0.29) is 5.41 Å². The molecule has 2 nitrogen and oxygen atoms in total. The van der Waals surface area contributed by atoms with Crippen molar-refractivity contribution in [2.45, 2.75) is 58.8 Å². The average molecular weight is 211 g/mol. The number of ketones is 1. The lowest BCUT2D eigenvalue weighted by atomic mass is 9.77. The van der Waals surface area contributed by atoms with Gasteiger partial charge in [-0.1, -0.05) is 33.1 Å². The molecule has 15 heavy (non-hydrogen) atoms. The molecule has 1 heterocycles. The molecule has 0 radical (unpaired) electrons. The van der Waals surface area contributed by atoms with E-state index < -0.39 is 0 Å². The summed E-state index contributed by atoms with van der Waals surface area (Å²) in [6, 6.07) is 0. The highest BCUT2D eigenvalue weighted by atomic mass is 16.1. The van der Waals surface area contributed by atoms with Crippen LogP contribution in [0.5, 0.6) is 0 Å². The summed E-state index contributed by atoms with van der Waals surface area (Å²) in [4.78, 5) is 12.0. The number of carbonyl (C=O) groups excluding carboxylic acids is 1. The zero-order chi connectivity index (χ0) is 11.1. The summed E-state index contributed by atoms with van der Waals surface area (Å²) >= 11 is 0. The lowest BCUT2D eigenvalue weighted by molar-refractivity contribution is -0.128. The molecule has 88 valence electrons. The quantitative estimate of drug-likeness (QED) is 0.684. The maximum atomic E-state index is 12.0. The standard InChI is InChI=1S/C13H25NO/c1-3-4-5-6-8-12(15)13(2)9-7-10-14-11-13/h14H,3-11H2,1-2H3. The molecular formula is C13H25NO. The van der Waals surface area contributed by atoms with E-state index >= 15 is 0 Å². The van der Waals surface area contributed by atoms with Gasteiger partial charge in [0.15, 0.2) is 0 Å². The van der Waals surface area contributed by atoms with Gasteiger partial charge < -0.3 is 5.32 Å². The Morgan fingerprint density at radius 1 is 1.33 bits per heavy atom. The number of nitrogens with one attached hydrogen (secondary N) is 1. The largest absolute Gasteiger partial charge is 0.316 e. The summed E-state index contributed by atoms with van der Waals surface area (Å²) in [6.07, 6.45) is 7.82. The summed E-state index contributed by atoms with van der Waals surface area (Å²) in [5, 5.41) is 3.34. The van der Waals surface area contributed by atoms with Crippen molar-refractivity contribution >= 4 is 5.78 Å². The van der Waals surface area contributed by atoms with Gasteiger partial charge in [0.05, 0.1) is 0 Å². The first-order chi connectivity index (χ1) is 7.19. The SMILES string of the molecule is CCCCCCC(=O)C1(C)CCCNC1. The molecule has 0 amide bonds. The Bertz CT molecular complexity index is 195. The van der Waals surface area contributed by atoms with Gasteiger partial charge in [0.2, 0.25) is 0 Å². The van der Waals surface area contributed by atoms with Gasteiger partial charge in [0.25, 0.3) is 0 Å². The first kappa shape index (κ1) is 12.7. The summed E-state index contributed by atoms with van der Waals surface area (Å²) in [5.41, 5.74) is -0.0650. The van der Waals surface area contributed by atoms with E-state index in [1.165, 1.54) is 19.3 Å². The lowest BCUT2D eigenvalue weighted by Gasteiger charge is -2.32. The third kappa shape index (κ3) is 3.94. The summed E-state index contributed by atoms with van der Waals surface area (Å²) in [6.45, 7) is 6.30. The smallest absolute Gasteiger partial charge is 0.140 e. The number of carbonyl (C=O) groups is 1. The Labute approximate surface area is 93.8 Å². The minimum absolute atomic E-state index is 0.0650. The predicted molar refractivity (Wildman–Crippen MR) is 64.0 cm³/mol. The minimum Gasteiger partial charge on any atom is -0.316 e. The van der Waals surface area contributed by atoms with Crippen LogP contribution in [0.1, 0.15) is 58.8 Å². The van der Waals surface area contributed by atoms with Gasteiger partial charge in [0, 0.05) is 18.4 Å². The third-order valence-corrected chi connectivity index (χ3v) is 3.53. The Kier molecular flexibility index (Phi) is 5.30. The van der Waals surface area contributed by atoms with Crippen LogP contribution in [0, 0.1) is 5.41 Å². The third-order valence-electron chi connectivity index (χ3n) is 3.53. The number of hydrogen-bond acceptors (Lipinski definition) is 2. The van der Waals surface area contributed by atoms with Crippen LogP contribution >= 0.6 is 0 Å². The highest BCUT2D eigenvalue weighted by Crippen LogP contribution is 2.28. The number of rotatable bonds is 6. The normalized spacial score (nSPS) is 26.5. The fourth-order valence-electron chi connectivity index (χ4n) is 2.31. The van der Waals surface area contributed by atoms with Gasteiger partial charge in [-0.2, -0.15) is 0 Å². The maximum absolute atomic E-state index is 12.0. The molecule has 2 heteroatoms. The predicted octanol–water partition coefficient (Wildman–Crippen LogP) is 2.92. The molecule has 0 aliphatic carbocycles. The molecule has 1 unspecified atom stereocenters. The Morgan fingerprint density at radius 3 is 2.73 bits per heavy atom. The molecule has 1 atom stereocenters. The molecule has 0 bridgehead atoms. The van der Waals surface area contributed by atoms with Crippen molar-refractivity contribution < 1.29 is 4.79 Å². The van der Waals surface area contributed by atoms with Crippen LogP contribution < -0.4 is 5.32 Å². The molecule has 1 aliphatic heterocycles. The number of Topliss-reactive ketones (excluding diaryl/α,β-unsaturated/α-hetero) is 1. The summed E-state index contributed by atoms with van der Waals surface area (Å²) < 4.78 is 0. The van der Waals surface area contributed by atoms with Gasteiger partial charge in [-0.25, -0.2) is 0 Å². The highest BCUT2D eigenvalue weighted by molar-refractivity contribution is 5.84. The van der Waals surface area contributed by atoms with Gasteiger partial charge in [0.1, 0.15) is 5.78 Å². The van der Waals surface area contributed by atoms with Gasteiger partial charge in [-0.15, -0.1) is 0 Å². The second-order valence-corrected chi connectivity index (χ2v) is 5.07. The number of piperidine rings is 1. The zero-order valence-electron chi connectivity index (χ0n) is 10.3. The van der Waals surface area contributed by atoms with Gasteiger partial charge in [-0.05, 0) is 25.8 Å². The van der Waals surface area contributed by atoms with Gasteiger partial charge in [-0.3, -0.25) is 4.79 Å². The van der Waals surface area contributed by atoms with Gasteiger partial charge >= 0.3 is 0 Å². The van der Waals surface area contributed by atoms with E-state index in [1.807, 2.05) is 0 Å². The Morgan fingerprint density at radius 2 is 2.13 bits per heavy atom. The monoisotopic (exact) mass is 211 g/mol. The average Bonchev–Trinajstić information content (AvgIpc) is 2.25. The van der Waals surface area contributed by atoms with Crippen LogP contribution in [0.15, 0.2) is 0 Å². The van der Waals surface area contributed by atoms with Crippen LogP contribution in [0.3, 0.4) is 0 Å². The second-order valence-electron chi connectivity index (χ2n) is 5.07. The van der Waals surface area contributed by atoms with Crippen LogP contribution in [0.2, 0.25) is 0 Å². The topological polar surface area (TPSA) is 29.1 Å². The van der Waals surface area contributed by atoms with Crippen molar-refractivity contribution in [1.82, 2.24) is 5.32 Å². The fourth-order valence-corrected chi connectivity index (χ4v) is 2.31. The molecule has 1 fully saturated rings. The molecule has 0 aromatic heterocycles.